The number of rotatable bonds is 23. The predicted molar refractivity (Wildman–Crippen MR) is 252 cm³/mol. The van der Waals surface area contributed by atoms with Gasteiger partial charge in [0.2, 0.25) is 5.89 Å². The topological polar surface area (TPSA) is 251 Å². The molecule has 1 atom stereocenters. The number of anilines is 1. The van der Waals surface area contributed by atoms with Gasteiger partial charge in [-0.3, -0.25) is 9.59 Å². The number of halogens is 1. The van der Waals surface area contributed by atoms with Crippen LogP contribution in [0.4, 0.5) is 15.4 Å². The molecule has 0 aliphatic carbocycles. The van der Waals surface area contributed by atoms with Gasteiger partial charge in [-0.05, 0) is 109 Å². The number of nitrogens with zero attached hydrogens (tertiary/aromatic N) is 4. The highest BCUT2D eigenvalue weighted by atomic mass is 35.5. The Balaban J connectivity index is 1.37. The maximum absolute atomic E-state index is 12.9. The molecule has 2 aromatic heterocycles. The number of nitrogens with one attached hydrogen (secondary N) is 2. The molecule has 67 heavy (non-hydrogen) atoms. The van der Waals surface area contributed by atoms with E-state index in [2.05, 4.69) is 32.7 Å². The van der Waals surface area contributed by atoms with Crippen molar-refractivity contribution in [1.29, 1.82) is 10.5 Å². The molecule has 1 unspecified atom stereocenters. The highest BCUT2D eigenvalue weighted by molar-refractivity contribution is 7.98. The van der Waals surface area contributed by atoms with Crippen molar-refractivity contribution in [2.75, 3.05) is 32.0 Å². The van der Waals surface area contributed by atoms with E-state index in [1.807, 2.05) is 0 Å². The lowest BCUT2D eigenvalue weighted by molar-refractivity contribution is -0.161. The number of pyridine rings is 1. The second-order valence-electron chi connectivity index (χ2n) is 17.2. The summed E-state index contributed by atoms with van der Waals surface area (Å²) in [5.41, 5.74) is 7.38. The summed E-state index contributed by atoms with van der Waals surface area (Å²) in [5.74, 6) is 0.0155. The summed E-state index contributed by atoms with van der Waals surface area (Å²) < 4.78 is 33.3. The number of nitrogens with two attached hydrogens (primary N) is 1. The Labute approximate surface area is 400 Å². The number of carbonyl (C=O) groups is 4. The van der Waals surface area contributed by atoms with Gasteiger partial charge in [-0.15, -0.1) is 0 Å². The Morgan fingerprint density at radius 3 is 1.90 bits per heavy atom. The standard InChI is InChI=1S/C48H58ClN7O10S/c1-47(2,3)65-45(59)53-23-11-7-9-13-39(57)62-29-36(64-40(58)14-10-8-12-24-54-46(60)66-48(4,5)6)28-61-35-21-17-31(18-22-35)41-37(25-50)42(52)56-44(38(41)26-51)67-30-34-27-63-43(55-34)32-15-19-33(49)20-16-32/h15-22,27,36H,7-14,23-24,28-30H2,1-6H3,(H2,52,56)(H,53,59)(H,54,60). The number of amides is 2. The zero-order chi connectivity index (χ0) is 49.0. The van der Waals surface area contributed by atoms with Crippen LogP contribution < -0.4 is 21.1 Å². The highest BCUT2D eigenvalue weighted by Gasteiger charge is 2.23. The van der Waals surface area contributed by atoms with Crippen molar-refractivity contribution in [3.8, 4) is 40.5 Å². The molecule has 2 amide bonds. The van der Waals surface area contributed by atoms with Crippen LogP contribution in [0.2, 0.25) is 5.02 Å². The van der Waals surface area contributed by atoms with E-state index in [9.17, 15) is 29.7 Å². The molecule has 0 fully saturated rings. The van der Waals surface area contributed by atoms with Gasteiger partial charge in [0.1, 0.15) is 65.0 Å². The Hall–Kier alpha value is -6.50. The smallest absolute Gasteiger partial charge is 0.407 e. The molecule has 4 aromatic rings. The minimum Gasteiger partial charge on any atom is -0.490 e. The molecule has 0 saturated carbocycles. The molecule has 19 heteroatoms. The summed E-state index contributed by atoms with van der Waals surface area (Å²) in [7, 11) is 0. The first-order chi connectivity index (χ1) is 31.8. The summed E-state index contributed by atoms with van der Waals surface area (Å²) in [6.07, 6.45) is 3.31. The van der Waals surface area contributed by atoms with Crippen molar-refractivity contribution >= 4 is 53.3 Å². The van der Waals surface area contributed by atoms with Gasteiger partial charge in [-0.1, -0.05) is 48.3 Å². The van der Waals surface area contributed by atoms with Gasteiger partial charge in [-0.2, -0.15) is 10.5 Å². The summed E-state index contributed by atoms with van der Waals surface area (Å²) in [5, 5.41) is 26.7. The molecular weight excluding hydrogens is 902 g/mol. The average Bonchev–Trinajstić information content (AvgIpc) is 3.74. The molecule has 358 valence electrons. The second kappa shape index (κ2) is 26.0. The van der Waals surface area contributed by atoms with Crippen LogP contribution in [-0.2, 0) is 34.3 Å². The molecule has 17 nitrogen and oxygen atoms in total. The summed E-state index contributed by atoms with van der Waals surface area (Å²) in [4.78, 5) is 58.3. The van der Waals surface area contributed by atoms with Gasteiger partial charge in [0.25, 0.3) is 0 Å². The van der Waals surface area contributed by atoms with Crippen LogP contribution in [0.15, 0.2) is 64.2 Å². The number of hydrogen-bond donors (Lipinski definition) is 3. The Morgan fingerprint density at radius 2 is 1.33 bits per heavy atom. The van der Waals surface area contributed by atoms with E-state index in [1.54, 1.807) is 90.1 Å². The van der Waals surface area contributed by atoms with Gasteiger partial charge in [-0.25, -0.2) is 19.6 Å². The quantitative estimate of drug-likeness (QED) is 0.0271. The number of aromatic nitrogens is 2. The highest BCUT2D eigenvalue weighted by Crippen LogP contribution is 2.37. The molecular formula is C48H58ClN7O10S. The Morgan fingerprint density at radius 1 is 0.761 bits per heavy atom. The van der Waals surface area contributed by atoms with Crippen LogP contribution >= 0.6 is 23.4 Å². The number of ether oxygens (including phenoxy) is 5. The number of thioether (sulfide) groups is 1. The molecule has 4 rings (SSSR count). The van der Waals surface area contributed by atoms with Crippen LogP contribution in [0.25, 0.3) is 22.6 Å². The van der Waals surface area contributed by atoms with E-state index < -0.39 is 41.4 Å². The van der Waals surface area contributed by atoms with Crippen LogP contribution in [0.3, 0.4) is 0 Å². The third-order valence-corrected chi connectivity index (χ3v) is 10.4. The van der Waals surface area contributed by atoms with Crippen molar-refractivity contribution in [3.63, 3.8) is 0 Å². The van der Waals surface area contributed by atoms with Crippen molar-refractivity contribution in [3.05, 3.63) is 76.6 Å². The lowest BCUT2D eigenvalue weighted by Crippen LogP contribution is -2.33. The van der Waals surface area contributed by atoms with E-state index in [-0.39, 0.29) is 43.0 Å². The molecule has 0 spiro atoms. The summed E-state index contributed by atoms with van der Waals surface area (Å²) in [6, 6.07) is 17.9. The molecule has 0 aliphatic heterocycles. The number of unbranched alkanes of at least 4 members (excludes halogenated alkanes) is 4. The first-order valence-electron chi connectivity index (χ1n) is 21.8. The predicted octanol–water partition coefficient (Wildman–Crippen LogP) is 9.68. The van der Waals surface area contributed by atoms with Crippen molar-refractivity contribution < 1.29 is 47.3 Å². The molecule has 2 heterocycles. The molecule has 0 saturated heterocycles. The second-order valence-corrected chi connectivity index (χ2v) is 18.6. The molecule has 0 radical (unpaired) electrons. The maximum Gasteiger partial charge on any atom is 0.407 e. The minimum atomic E-state index is -0.954. The molecule has 0 bridgehead atoms. The van der Waals surface area contributed by atoms with E-state index >= 15 is 0 Å². The fourth-order valence-electron chi connectivity index (χ4n) is 6.11. The third kappa shape index (κ3) is 19.1. The SMILES string of the molecule is CC(C)(C)OC(=O)NCCCCCC(=O)OCC(COc1ccc(-c2c(C#N)c(N)nc(SCc3coc(-c4ccc(Cl)cc4)n3)c2C#N)cc1)OC(=O)CCCCCNC(=O)OC(C)(C)C. The Kier molecular flexibility index (Phi) is 20.6. The van der Waals surface area contributed by atoms with Gasteiger partial charge in [0.05, 0.1) is 11.3 Å². The van der Waals surface area contributed by atoms with Gasteiger partial charge in [0.15, 0.2) is 6.10 Å². The van der Waals surface area contributed by atoms with E-state index in [1.165, 1.54) is 18.0 Å². The van der Waals surface area contributed by atoms with E-state index in [0.717, 1.165) is 5.56 Å². The first kappa shape index (κ1) is 53.1. The van der Waals surface area contributed by atoms with Crippen molar-refractivity contribution in [2.24, 2.45) is 0 Å². The first-order valence-corrected chi connectivity index (χ1v) is 23.2. The number of oxazole rings is 1. The zero-order valence-corrected chi connectivity index (χ0v) is 40.3. The van der Waals surface area contributed by atoms with Crippen molar-refractivity contribution in [1.82, 2.24) is 20.6 Å². The van der Waals surface area contributed by atoms with E-state index in [0.29, 0.717) is 95.9 Å². The summed E-state index contributed by atoms with van der Waals surface area (Å²) in [6.45, 7) is 11.0. The van der Waals surface area contributed by atoms with Crippen LogP contribution in [-0.4, -0.2) is 77.7 Å². The number of carbonyl (C=O) groups excluding carboxylic acids is 4. The van der Waals surface area contributed by atoms with Crippen LogP contribution in [0.1, 0.15) is 110 Å². The third-order valence-electron chi connectivity index (χ3n) is 9.17. The number of alkyl carbamates (subject to hydrolysis) is 2. The number of hydrogen-bond acceptors (Lipinski definition) is 16. The van der Waals surface area contributed by atoms with Gasteiger partial charge < -0.3 is 44.5 Å². The zero-order valence-electron chi connectivity index (χ0n) is 38.7. The Bertz CT molecular complexity index is 2370. The van der Waals surface area contributed by atoms with Gasteiger partial charge >= 0.3 is 24.1 Å². The molecule has 0 aliphatic rings. The maximum atomic E-state index is 12.9. The fourth-order valence-corrected chi connectivity index (χ4v) is 7.11. The number of esters is 2. The van der Waals surface area contributed by atoms with Crippen LogP contribution in [0.5, 0.6) is 5.75 Å². The fraction of sp³-hybridized carbons (Fsp3) is 0.458. The van der Waals surface area contributed by atoms with Gasteiger partial charge in [0, 0.05) is 47.8 Å². The minimum absolute atomic E-state index is 0.0339. The monoisotopic (exact) mass is 959 g/mol. The molecule has 4 N–H and O–H groups in total. The van der Waals surface area contributed by atoms with Crippen molar-refractivity contribution in [2.45, 2.75) is 121 Å². The lowest BCUT2D eigenvalue weighted by Gasteiger charge is -2.20. The lowest BCUT2D eigenvalue weighted by atomic mass is 9.97. The largest absolute Gasteiger partial charge is 0.490 e. The number of nitrogen functional groups attached to an aromatic ring is 1. The normalized spacial score (nSPS) is 11.7. The van der Waals surface area contributed by atoms with Crippen LogP contribution in [0, 0.1) is 22.7 Å². The number of nitriles is 2. The number of benzene rings is 2. The molecule has 2 aromatic carbocycles. The summed E-state index contributed by atoms with van der Waals surface area (Å²) >= 11 is 7.23. The average molecular weight is 961 g/mol. The van der Waals surface area contributed by atoms with E-state index in [4.69, 9.17) is 45.4 Å².